The number of aryl methyl sites for hydroxylation is 1. The number of carbonyl (C=O) groups is 1. The quantitative estimate of drug-likeness (QED) is 0.581. The Morgan fingerprint density at radius 2 is 2.36 bits per heavy atom. The van der Waals surface area contributed by atoms with Gasteiger partial charge >= 0.3 is 5.97 Å². The standard InChI is InChI=1S/C6H8N2O3/c1-4-6(8-11-7-4)3-10-5(2)9/h3H2,1-2H3. The number of aromatic nitrogens is 2. The third-order valence-electron chi connectivity index (χ3n) is 1.16. The van der Waals surface area contributed by atoms with E-state index in [-0.39, 0.29) is 12.6 Å². The van der Waals surface area contributed by atoms with Crippen molar-refractivity contribution in [3.05, 3.63) is 11.4 Å². The van der Waals surface area contributed by atoms with E-state index in [1.807, 2.05) is 0 Å². The van der Waals surface area contributed by atoms with Crippen LogP contribution >= 0.6 is 0 Å². The van der Waals surface area contributed by atoms with Gasteiger partial charge in [-0.15, -0.1) is 0 Å². The fraction of sp³-hybridized carbons (Fsp3) is 0.500. The minimum Gasteiger partial charge on any atom is -0.459 e. The molecule has 0 unspecified atom stereocenters. The molecule has 0 amide bonds. The molecule has 60 valence electrons. The Bertz CT molecular complexity index is 256. The molecule has 0 saturated heterocycles. The van der Waals surface area contributed by atoms with Crippen molar-refractivity contribution in [2.75, 3.05) is 0 Å². The molecule has 1 heterocycles. The maximum Gasteiger partial charge on any atom is 0.303 e. The number of hydrogen-bond donors (Lipinski definition) is 0. The summed E-state index contributed by atoms with van der Waals surface area (Å²) < 4.78 is 9.05. The molecule has 0 radical (unpaired) electrons. The van der Waals surface area contributed by atoms with Gasteiger partial charge in [-0.2, -0.15) is 0 Å². The van der Waals surface area contributed by atoms with Crippen LogP contribution in [0.15, 0.2) is 4.63 Å². The van der Waals surface area contributed by atoms with E-state index >= 15 is 0 Å². The lowest BCUT2D eigenvalue weighted by molar-refractivity contribution is -0.142. The minimum atomic E-state index is -0.340. The van der Waals surface area contributed by atoms with Crippen LogP contribution in [0.2, 0.25) is 0 Å². The minimum absolute atomic E-state index is 0.130. The van der Waals surface area contributed by atoms with E-state index in [2.05, 4.69) is 19.7 Å². The SMILES string of the molecule is CC(=O)OCc1nonc1C. The number of nitrogens with zero attached hydrogens (tertiary/aromatic N) is 2. The van der Waals surface area contributed by atoms with E-state index in [0.717, 1.165) is 0 Å². The van der Waals surface area contributed by atoms with Gasteiger partial charge in [-0.05, 0) is 6.92 Å². The lowest BCUT2D eigenvalue weighted by Gasteiger charge is -1.95. The van der Waals surface area contributed by atoms with Gasteiger partial charge in [0, 0.05) is 6.92 Å². The lowest BCUT2D eigenvalue weighted by Crippen LogP contribution is -2.00. The first-order valence-electron chi connectivity index (χ1n) is 3.11. The number of carbonyl (C=O) groups excluding carboxylic acids is 1. The maximum atomic E-state index is 10.3. The average Bonchev–Trinajstić information content (AvgIpc) is 2.31. The molecule has 0 bridgehead atoms. The van der Waals surface area contributed by atoms with Crippen molar-refractivity contribution < 1.29 is 14.2 Å². The molecule has 5 heteroatoms. The molecule has 0 spiro atoms. The molecular weight excluding hydrogens is 148 g/mol. The van der Waals surface area contributed by atoms with Crippen LogP contribution in [0.3, 0.4) is 0 Å². The first-order valence-corrected chi connectivity index (χ1v) is 3.11. The summed E-state index contributed by atoms with van der Waals surface area (Å²) in [7, 11) is 0. The van der Waals surface area contributed by atoms with Crippen LogP contribution in [0.4, 0.5) is 0 Å². The van der Waals surface area contributed by atoms with Gasteiger partial charge in [-0.1, -0.05) is 10.3 Å². The number of hydrogen-bond acceptors (Lipinski definition) is 5. The molecule has 1 aromatic rings. The second-order valence-electron chi connectivity index (χ2n) is 2.08. The predicted octanol–water partition coefficient (Wildman–Crippen LogP) is 0.441. The molecule has 0 N–H and O–H groups in total. The average molecular weight is 156 g/mol. The Balaban J connectivity index is 2.51. The highest BCUT2D eigenvalue weighted by Crippen LogP contribution is 2.01. The Kier molecular flexibility index (Phi) is 2.20. The summed E-state index contributed by atoms with van der Waals surface area (Å²) in [5, 5.41) is 7.04. The largest absolute Gasteiger partial charge is 0.459 e. The van der Waals surface area contributed by atoms with Gasteiger partial charge in [0.2, 0.25) is 0 Å². The summed E-state index contributed by atoms with van der Waals surface area (Å²) in [5.41, 5.74) is 1.20. The Labute approximate surface area is 63.3 Å². The monoisotopic (exact) mass is 156 g/mol. The Hall–Kier alpha value is -1.39. The Morgan fingerprint density at radius 3 is 2.82 bits per heavy atom. The van der Waals surface area contributed by atoms with Gasteiger partial charge in [-0.25, -0.2) is 4.63 Å². The van der Waals surface area contributed by atoms with E-state index < -0.39 is 0 Å². The van der Waals surface area contributed by atoms with E-state index in [1.165, 1.54) is 6.92 Å². The summed E-state index contributed by atoms with van der Waals surface area (Å²) in [6.07, 6.45) is 0. The summed E-state index contributed by atoms with van der Waals surface area (Å²) in [4.78, 5) is 10.3. The number of rotatable bonds is 2. The zero-order chi connectivity index (χ0) is 8.27. The lowest BCUT2D eigenvalue weighted by atomic mass is 10.4. The molecule has 1 rings (SSSR count). The molecule has 11 heavy (non-hydrogen) atoms. The highest BCUT2D eigenvalue weighted by molar-refractivity contribution is 5.65. The van der Waals surface area contributed by atoms with Gasteiger partial charge in [0.05, 0.1) is 0 Å². The second-order valence-corrected chi connectivity index (χ2v) is 2.08. The molecule has 1 aromatic heterocycles. The van der Waals surface area contributed by atoms with Gasteiger partial charge < -0.3 is 4.74 Å². The van der Waals surface area contributed by atoms with Crippen molar-refractivity contribution in [2.24, 2.45) is 0 Å². The van der Waals surface area contributed by atoms with E-state index in [9.17, 15) is 4.79 Å². The molecule has 0 aliphatic rings. The summed E-state index contributed by atoms with van der Waals surface area (Å²) in [5.74, 6) is -0.340. The molecule has 0 saturated carbocycles. The first-order chi connectivity index (χ1) is 5.20. The van der Waals surface area contributed by atoms with Gasteiger partial charge in [0.25, 0.3) is 0 Å². The summed E-state index contributed by atoms with van der Waals surface area (Å²) >= 11 is 0. The predicted molar refractivity (Wildman–Crippen MR) is 34.5 cm³/mol. The van der Waals surface area contributed by atoms with Crippen LogP contribution < -0.4 is 0 Å². The van der Waals surface area contributed by atoms with Crippen molar-refractivity contribution in [2.45, 2.75) is 20.5 Å². The van der Waals surface area contributed by atoms with E-state index in [4.69, 9.17) is 0 Å². The molecule has 0 fully saturated rings. The Morgan fingerprint density at radius 1 is 1.64 bits per heavy atom. The number of ether oxygens (including phenoxy) is 1. The van der Waals surface area contributed by atoms with Gasteiger partial charge in [-0.3, -0.25) is 4.79 Å². The summed E-state index contributed by atoms with van der Waals surface area (Å²) in [6.45, 7) is 3.20. The van der Waals surface area contributed by atoms with Crippen molar-refractivity contribution in [1.82, 2.24) is 10.3 Å². The highest BCUT2D eigenvalue weighted by atomic mass is 16.6. The molecule has 5 nitrogen and oxygen atoms in total. The number of esters is 1. The molecule has 0 atom stereocenters. The molecular formula is C6H8N2O3. The van der Waals surface area contributed by atoms with Crippen molar-refractivity contribution in [3.8, 4) is 0 Å². The van der Waals surface area contributed by atoms with Crippen LogP contribution in [-0.2, 0) is 16.1 Å². The maximum absolute atomic E-state index is 10.3. The van der Waals surface area contributed by atoms with Crippen LogP contribution in [0.5, 0.6) is 0 Å². The third kappa shape index (κ3) is 2.03. The first kappa shape index (κ1) is 7.71. The fourth-order valence-electron chi connectivity index (χ4n) is 0.550. The van der Waals surface area contributed by atoms with Gasteiger partial charge in [0.15, 0.2) is 0 Å². The highest BCUT2D eigenvalue weighted by Gasteiger charge is 2.05. The smallest absolute Gasteiger partial charge is 0.303 e. The van der Waals surface area contributed by atoms with Gasteiger partial charge in [0.1, 0.15) is 18.0 Å². The fourth-order valence-corrected chi connectivity index (χ4v) is 0.550. The van der Waals surface area contributed by atoms with Crippen LogP contribution in [0.25, 0.3) is 0 Å². The zero-order valence-electron chi connectivity index (χ0n) is 6.33. The van der Waals surface area contributed by atoms with E-state index in [0.29, 0.717) is 11.4 Å². The van der Waals surface area contributed by atoms with Crippen molar-refractivity contribution in [1.29, 1.82) is 0 Å². The second kappa shape index (κ2) is 3.14. The molecule has 0 aromatic carbocycles. The van der Waals surface area contributed by atoms with Crippen LogP contribution in [-0.4, -0.2) is 16.3 Å². The van der Waals surface area contributed by atoms with Crippen molar-refractivity contribution in [3.63, 3.8) is 0 Å². The molecule has 0 aliphatic carbocycles. The third-order valence-corrected chi connectivity index (χ3v) is 1.16. The van der Waals surface area contributed by atoms with Crippen LogP contribution in [0, 0.1) is 6.92 Å². The van der Waals surface area contributed by atoms with Crippen LogP contribution in [0.1, 0.15) is 18.3 Å². The van der Waals surface area contributed by atoms with E-state index in [1.54, 1.807) is 6.92 Å². The summed E-state index contributed by atoms with van der Waals surface area (Å²) in [6, 6.07) is 0. The topological polar surface area (TPSA) is 65.2 Å². The molecule has 0 aliphatic heterocycles. The zero-order valence-corrected chi connectivity index (χ0v) is 6.33. The van der Waals surface area contributed by atoms with Crippen molar-refractivity contribution >= 4 is 5.97 Å². The normalized spacial score (nSPS) is 9.64.